The Morgan fingerprint density at radius 3 is 2.88 bits per heavy atom. The van der Waals surface area contributed by atoms with E-state index in [1.165, 1.54) is 17.5 Å². The Morgan fingerprint density at radius 1 is 1.16 bits per heavy atom. The third-order valence-corrected chi connectivity index (χ3v) is 4.52. The summed E-state index contributed by atoms with van der Waals surface area (Å²) >= 11 is 0. The molecular formula is C19H18N4O2. The topological polar surface area (TPSA) is 94.0 Å². The smallest absolute Gasteiger partial charge is 0.263 e. The fourth-order valence-corrected chi connectivity index (χ4v) is 3.31. The number of hydrogen-bond acceptors (Lipinski definition) is 5. The van der Waals surface area contributed by atoms with Crippen molar-refractivity contribution in [3.63, 3.8) is 0 Å². The molecule has 2 aromatic heterocycles. The van der Waals surface area contributed by atoms with E-state index < -0.39 is 0 Å². The monoisotopic (exact) mass is 334 g/mol. The normalized spacial score (nSPS) is 13.3. The largest absolute Gasteiger partial charge is 0.367 e. The van der Waals surface area contributed by atoms with Crippen LogP contribution in [0, 0.1) is 0 Å². The van der Waals surface area contributed by atoms with Crippen LogP contribution in [0.15, 0.2) is 47.2 Å². The first-order valence-corrected chi connectivity index (χ1v) is 8.31. The van der Waals surface area contributed by atoms with E-state index in [0.717, 1.165) is 24.9 Å². The lowest BCUT2D eigenvalue weighted by molar-refractivity contribution is 0.102. The average Bonchev–Trinajstić information content (AvgIpc) is 3.04. The number of pyridine rings is 1. The molecule has 1 aliphatic carbocycles. The number of rotatable bonds is 3. The minimum absolute atomic E-state index is 0.00107. The van der Waals surface area contributed by atoms with E-state index >= 15 is 0 Å². The Balaban J connectivity index is 1.68. The van der Waals surface area contributed by atoms with Crippen LogP contribution < -0.4 is 11.1 Å². The highest BCUT2D eigenvalue weighted by molar-refractivity contribution is 6.11. The summed E-state index contributed by atoms with van der Waals surface area (Å²) < 4.78 is 5.06. The van der Waals surface area contributed by atoms with E-state index in [4.69, 9.17) is 10.3 Å². The lowest BCUT2D eigenvalue weighted by atomic mass is 9.90. The van der Waals surface area contributed by atoms with E-state index in [0.29, 0.717) is 11.3 Å². The Bertz CT molecular complexity index is 918. The summed E-state index contributed by atoms with van der Waals surface area (Å²) in [5.41, 5.74) is 10.5. The Morgan fingerprint density at radius 2 is 2.04 bits per heavy atom. The quantitative estimate of drug-likeness (QED) is 0.765. The second-order valence-electron chi connectivity index (χ2n) is 6.12. The first-order valence-electron chi connectivity index (χ1n) is 8.31. The molecule has 6 nitrogen and oxygen atoms in total. The number of nitrogens with zero attached hydrogens (tertiary/aromatic N) is 2. The van der Waals surface area contributed by atoms with Crippen LogP contribution in [-0.4, -0.2) is 16.0 Å². The first-order chi connectivity index (χ1) is 12.2. The van der Waals surface area contributed by atoms with Gasteiger partial charge >= 0.3 is 0 Å². The molecular weight excluding hydrogens is 316 g/mol. The van der Waals surface area contributed by atoms with Gasteiger partial charge in [0, 0.05) is 23.6 Å². The molecule has 0 saturated carbocycles. The number of carbonyl (C=O) groups excluding carboxylic acids is 1. The van der Waals surface area contributed by atoms with Crippen molar-refractivity contribution in [2.45, 2.75) is 25.7 Å². The molecule has 2 heterocycles. The van der Waals surface area contributed by atoms with Crippen LogP contribution in [0.2, 0.25) is 0 Å². The zero-order chi connectivity index (χ0) is 17.2. The minimum Gasteiger partial charge on any atom is -0.367 e. The molecule has 0 aliphatic heterocycles. The van der Waals surface area contributed by atoms with Gasteiger partial charge < -0.3 is 15.6 Å². The Kier molecular flexibility index (Phi) is 3.93. The van der Waals surface area contributed by atoms with E-state index in [1.54, 1.807) is 18.5 Å². The number of hydrogen-bond donors (Lipinski definition) is 2. The van der Waals surface area contributed by atoms with Crippen LogP contribution in [-0.2, 0) is 12.8 Å². The fourth-order valence-electron chi connectivity index (χ4n) is 3.31. The number of carbonyl (C=O) groups is 1. The van der Waals surface area contributed by atoms with Crippen LogP contribution in [0.4, 0.5) is 11.6 Å². The summed E-state index contributed by atoms with van der Waals surface area (Å²) in [5, 5.41) is 6.92. The molecule has 0 fully saturated rings. The number of benzene rings is 1. The van der Waals surface area contributed by atoms with Crippen LogP contribution in [0.1, 0.15) is 34.3 Å². The highest BCUT2D eigenvalue weighted by Crippen LogP contribution is 2.31. The molecule has 0 spiro atoms. The van der Waals surface area contributed by atoms with Crippen LogP contribution in [0.3, 0.4) is 0 Å². The molecule has 25 heavy (non-hydrogen) atoms. The molecule has 0 radical (unpaired) electrons. The molecule has 0 bridgehead atoms. The number of fused-ring (bicyclic) bond motifs is 1. The number of aryl methyl sites for hydroxylation is 1. The number of nitrogen functional groups attached to an aromatic ring is 1. The van der Waals surface area contributed by atoms with Gasteiger partial charge in [-0.15, -0.1) is 0 Å². The van der Waals surface area contributed by atoms with Gasteiger partial charge in [-0.25, -0.2) is 0 Å². The molecule has 126 valence electrons. The van der Waals surface area contributed by atoms with Crippen molar-refractivity contribution < 1.29 is 9.32 Å². The van der Waals surface area contributed by atoms with E-state index in [1.807, 2.05) is 18.2 Å². The van der Waals surface area contributed by atoms with Gasteiger partial charge in [0.25, 0.3) is 5.91 Å². The standard InChI is InChI=1S/C19H18N4O2/c20-18-16(17(23-25-18)13-7-4-10-21-11-13)19(24)22-15-9-3-6-12-5-1-2-8-14(12)15/h3-4,6-7,9-11H,1-2,5,8,20H2,(H,22,24). The predicted molar refractivity (Wildman–Crippen MR) is 95.2 cm³/mol. The molecule has 0 saturated heterocycles. The molecule has 6 heteroatoms. The predicted octanol–water partition coefficient (Wildman–Crippen LogP) is 3.45. The van der Waals surface area contributed by atoms with Crippen molar-refractivity contribution in [3.8, 4) is 11.3 Å². The van der Waals surface area contributed by atoms with E-state index in [2.05, 4.69) is 21.5 Å². The Labute approximate surface area is 145 Å². The van der Waals surface area contributed by atoms with Crippen LogP contribution >= 0.6 is 0 Å². The number of nitrogens with two attached hydrogens (primary N) is 1. The molecule has 0 atom stereocenters. The molecule has 4 rings (SSSR count). The van der Waals surface area contributed by atoms with Crippen molar-refractivity contribution in [2.75, 3.05) is 11.1 Å². The van der Waals surface area contributed by atoms with Crippen LogP contribution in [0.5, 0.6) is 0 Å². The maximum atomic E-state index is 12.9. The summed E-state index contributed by atoms with van der Waals surface area (Å²) in [6.07, 6.45) is 7.63. The second-order valence-corrected chi connectivity index (χ2v) is 6.12. The molecule has 3 N–H and O–H groups in total. The Hall–Kier alpha value is -3.15. The van der Waals surface area contributed by atoms with Gasteiger partial charge in [0.2, 0.25) is 5.88 Å². The summed E-state index contributed by atoms with van der Waals surface area (Å²) in [4.78, 5) is 16.9. The van der Waals surface area contributed by atoms with Crippen molar-refractivity contribution in [1.82, 2.24) is 10.1 Å². The number of aromatic nitrogens is 2. The first kappa shape index (κ1) is 15.4. The molecule has 1 aliphatic rings. The molecule has 1 amide bonds. The highest BCUT2D eigenvalue weighted by atomic mass is 16.5. The van der Waals surface area contributed by atoms with Gasteiger partial charge in [-0.05, 0) is 55.0 Å². The van der Waals surface area contributed by atoms with Crippen molar-refractivity contribution in [3.05, 3.63) is 59.4 Å². The SMILES string of the molecule is Nc1onc(-c2cccnc2)c1C(=O)Nc1cccc2c1CCCC2. The lowest BCUT2D eigenvalue weighted by Gasteiger charge is -2.19. The van der Waals surface area contributed by atoms with Gasteiger partial charge in [-0.2, -0.15) is 0 Å². The third kappa shape index (κ3) is 2.87. The zero-order valence-electron chi connectivity index (χ0n) is 13.7. The maximum Gasteiger partial charge on any atom is 0.263 e. The van der Waals surface area contributed by atoms with Crippen molar-refractivity contribution in [2.24, 2.45) is 0 Å². The lowest BCUT2D eigenvalue weighted by Crippen LogP contribution is -2.16. The number of nitrogens with one attached hydrogen (secondary N) is 1. The van der Waals surface area contributed by atoms with Crippen LogP contribution in [0.25, 0.3) is 11.3 Å². The molecule has 0 unspecified atom stereocenters. The number of anilines is 2. The summed E-state index contributed by atoms with van der Waals surface area (Å²) in [5.74, 6) is -0.322. The second kappa shape index (κ2) is 6.39. The van der Waals surface area contributed by atoms with Gasteiger partial charge in [-0.3, -0.25) is 9.78 Å². The van der Waals surface area contributed by atoms with Gasteiger partial charge in [0.15, 0.2) is 0 Å². The average molecular weight is 334 g/mol. The van der Waals surface area contributed by atoms with E-state index in [-0.39, 0.29) is 17.4 Å². The zero-order valence-corrected chi connectivity index (χ0v) is 13.7. The van der Waals surface area contributed by atoms with Gasteiger partial charge in [0.05, 0.1) is 0 Å². The van der Waals surface area contributed by atoms with E-state index in [9.17, 15) is 4.79 Å². The van der Waals surface area contributed by atoms with Crippen molar-refractivity contribution >= 4 is 17.5 Å². The fraction of sp³-hybridized carbons (Fsp3) is 0.211. The third-order valence-electron chi connectivity index (χ3n) is 4.52. The molecule has 1 aromatic carbocycles. The summed E-state index contributed by atoms with van der Waals surface area (Å²) in [6.45, 7) is 0. The summed E-state index contributed by atoms with van der Waals surface area (Å²) in [6, 6.07) is 9.61. The van der Waals surface area contributed by atoms with Gasteiger partial charge in [-0.1, -0.05) is 17.3 Å². The summed E-state index contributed by atoms with van der Waals surface area (Å²) in [7, 11) is 0. The number of amides is 1. The van der Waals surface area contributed by atoms with Crippen molar-refractivity contribution in [1.29, 1.82) is 0 Å². The molecule has 3 aromatic rings. The highest BCUT2D eigenvalue weighted by Gasteiger charge is 2.24. The maximum absolute atomic E-state index is 12.9. The van der Waals surface area contributed by atoms with Gasteiger partial charge in [0.1, 0.15) is 11.3 Å². The minimum atomic E-state index is -0.323.